The maximum atomic E-state index is 6.39. The molecule has 4 rings (SSSR count). The van der Waals surface area contributed by atoms with Crippen molar-refractivity contribution in [3.8, 4) is 0 Å². The fourth-order valence-corrected chi connectivity index (χ4v) is 3.60. The molecule has 0 saturated carbocycles. The van der Waals surface area contributed by atoms with Crippen LogP contribution < -0.4 is 0 Å². The van der Waals surface area contributed by atoms with Crippen molar-refractivity contribution in [2.24, 2.45) is 0 Å². The number of nitrogens with zero attached hydrogens (tertiary/aromatic N) is 2. The number of imidazole rings is 1. The van der Waals surface area contributed by atoms with Crippen molar-refractivity contribution >= 4 is 22.6 Å². The van der Waals surface area contributed by atoms with Gasteiger partial charge in [-0.3, -0.25) is 0 Å². The van der Waals surface area contributed by atoms with E-state index in [-0.39, 0.29) is 5.38 Å². The van der Waals surface area contributed by atoms with Crippen LogP contribution in [0.1, 0.15) is 35.3 Å². The lowest BCUT2D eigenvalue weighted by atomic mass is 10.1. The second-order valence-corrected chi connectivity index (χ2v) is 6.43. The van der Waals surface area contributed by atoms with Crippen molar-refractivity contribution in [2.45, 2.75) is 31.2 Å². The largest absolute Gasteiger partial charge is 0.323 e. The molecule has 0 spiro atoms. The van der Waals surface area contributed by atoms with Crippen molar-refractivity contribution < 1.29 is 0 Å². The summed E-state index contributed by atoms with van der Waals surface area (Å²) in [6.07, 6.45) is 2.13. The molecule has 0 saturated heterocycles. The number of fused-ring (bicyclic) bond motifs is 2. The van der Waals surface area contributed by atoms with E-state index in [2.05, 4.69) is 47.0 Å². The monoisotopic (exact) mass is 296 g/mol. The highest BCUT2D eigenvalue weighted by Gasteiger charge is 2.27. The maximum absolute atomic E-state index is 6.39. The third-order valence-corrected chi connectivity index (χ3v) is 4.57. The summed E-state index contributed by atoms with van der Waals surface area (Å²) in [4.78, 5) is 4.75. The topological polar surface area (TPSA) is 17.8 Å². The van der Waals surface area contributed by atoms with Crippen LogP contribution in [-0.2, 0) is 12.8 Å². The lowest BCUT2D eigenvalue weighted by molar-refractivity contribution is 0.520. The molecule has 0 amide bonds. The maximum Gasteiger partial charge on any atom is 0.127 e. The molecule has 3 heteroatoms. The molecule has 106 valence electrons. The quantitative estimate of drug-likeness (QED) is 0.628. The van der Waals surface area contributed by atoms with Crippen LogP contribution in [-0.4, -0.2) is 9.55 Å². The summed E-state index contributed by atoms with van der Waals surface area (Å²) >= 11 is 6.39. The molecule has 1 aromatic heterocycles. The predicted octanol–water partition coefficient (Wildman–Crippen LogP) is 4.68. The molecule has 1 heterocycles. The fraction of sp³-hybridized carbons (Fsp3) is 0.278. The third kappa shape index (κ3) is 2.06. The number of hydrogen-bond donors (Lipinski definition) is 0. The number of halogens is 1. The lowest BCUT2D eigenvalue weighted by Gasteiger charge is -2.17. The summed E-state index contributed by atoms with van der Waals surface area (Å²) in [6.45, 7) is 2.00. The molecule has 0 bridgehead atoms. The molecule has 1 aliphatic carbocycles. The van der Waals surface area contributed by atoms with Gasteiger partial charge in [0.1, 0.15) is 5.82 Å². The minimum absolute atomic E-state index is 0.0823. The summed E-state index contributed by atoms with van der Waals surface area (Å²) in [5.74, 6) is 0.982. The first kappa shape index (κ1) is 12.9. The number of hydrogen-bond acceptors (Lipinski definition) is 1. The highest BCUT2D eigenvalue weighted by molar-refractivity contribution is 6.20. The van der Waals surface area contributed by atoms with Crippen LogP contribution in [0.2, 0.25) is 0 Å². The van der Waals surface area contributed by atoms with Crippen LogP contribution in [0.5, 0.6) is 0 Å². The van der Waals surface area contributed by atoms with Gasteiger partial charge in [0.15, 0.2) is 0 Å². The Labute approximate surface area is 129 Å². The second-order valence-electron chi connectivity index (χ2n) is 5.78. The molecule has 1 unspecified atom stereocenters. The number of aromatic nitrogens is 2. The Morgan fingerprint density at radius 1 is 1.05 bits per heavy atom. The number of rotatable bonds is 2. The first-order valence-electron chi connectivity index (χ1n) is 7.42. The first-order valence-corrected chi connectivity index (χ1v) is 7.85. The van der Waals surface area contributed by atoms with Crippen molar-refractivity contribution in [3.63, 3.8) is 0 Å². The summed E-state index contributed by atoms with van der Waals surface area (Å²) in [7, 11) is 0. The van der Waals surface area contributed by atoms with E-state index in [4.69, 9.17) is 16.6 Å². The molecule has 0 radical (unpaired) electrons. The van der Waals surface area contributed by atoms with E-state index in [0.717, 1.165) is 24.2 Å². The summed E-state index contributed by atoms with van der Waals surface area (Å²) in [5.41, 5.74) is 5.13. The Kier molecular flexibility index (Phi) is 3.00. The van der Waals surface area contributed by atoms with Crippen molar-refractivity contribution in [1.82, 2.24) is 9.55 Å². The molecule has 3 aromatic rings. The van der Waals surface area contributed by atoms with Gasteiger partial charge in [0, 0.05) is 6.04 Å². The van der Waals surface area contributed by atoms with E-state index >= 15 is 0 Å². The van der Waals surface area contributed by atoms with Gasteiger partial charge < -0.3 is 4.57 Å². The molecular weight excluding hydrogens is 280 g/mol. The van der Waals surface area contributed by atoms with Crippen LogP contribution in [0.15, 0.2) is 48.5 Å². The molecule has 2 aromatic carbocycles. The number of benzene rings is 2. The van der Waals surface area contributed by atoms with Gasteiger partial charge in [-0.1, -0.05) is 36.4 Å². The molecule has 0 N–H and O–H groups in total. The first-order chi connectivity index (χ1) is 10.2. The summed E-state index contributed by atoms with van der Waals surface area (Å²) in [6, 6.07) is 17.5. The van der Waals surface area contributed by atoms with Crippen LogP contribution >= 0.6 is 11.6 Å². The number of alkyl halides is 1. The van der Waals surface area contributed by atoms with Crippen molar-refractivity contribution in [1.29, 1.82) is 0 Å². The van der Waals surface area contributed by atoms with Gasteiger partial charge in [0.05, 0.1) is 16.4 Å². The average Bonchev–Trinajstić information content (AvgIpc) is 3.07. The van der Waals surface area contributed by atoms with Gasteiger partial charge in [-0.2, -0.15) is 0 Å². The summed E-state index contributed by atoms with van der Waals surface area (Å²) in [5, 5.41) is -0.0823. The van der Waals surface area contributed by atoms with Gasteiger partial charge in [0.25, 0.3) is 0 Å². The Balaban J connectivity index is 1.85. The van der Waals surface area contributed by atoms with Gasteiger partial charge in [0.2, 0.25) is 0 Å². The van der Waals surface area contributed by atoms with E-state index in [9.17, 15) is 0 Å². The zero-order chi connectivity index (χ0) is 14.4. The van der Waals surface area contributed by atoms with E-state index in [1.807, 2.05) is 13.0 Å². The standard InChI is InChI=1S/C18H17ClN2/c1-12(19)18-20-16-8-4-5-9-17(16)21(18)15-10-13-6-2-3-7-14(13)11-15/h2-9,12,15H,10-11H2,1H3. The Bertz CT molecular complexity index is 779. The molecule has 2 nitrogen and oxygen atoms in total. The Hall–Kier alpha value is -1.80. The summed E-state index contributed by atoms with van der Waals surface area (Å²) < 4.78 is 2.35. The second kappa shape index (κ2) is 4.88. The highest BCUT2D eigenvalue weighted by atomic mass is 35.5. The molecular formula is C18H17ClN2. The fourth-order valence-electron chi connectivity index (χ4n) is 3.45. The van der Waals surface area contributed by atoms with Gasteiger partial charge in [-0.05, 0) is 43.0 Å². The lowest BCUT2D eigenvalue weighted by Crippen LogP contribution is -2.13. The zero-order valence-electron chi connectivity index (χ0n) is 12.0. The molecule has 1 aliphatic rings. The Morgan fingerprint density at radius 2 is 1.67 bits per heavy atom. The zero-order valence-corrected chi connectivity index (χ0v) is 12.7. The van der Waals surface area contributed by atoms with E-state index < -0.39 is 0 Å². The molecule has 1 atom stereocenters. The minimum atomic E-state index is -0.0823. The van der Waals surface area contributed by atoms with Crippen LogP contribution in [0.4, 0.5) is 0 Å². The van der Waals surface area contributed by atoms with E-state index in [1.165, 1.54) is 16.6 Å². The van der Waals surface area contributed by atoms with E-state index in [0.29, 0.717) is 6.04 Å². The van der Waals surface area contributed by atoms with Gasteiger partial charge in [-0.15, -0.1) is 11.6 Å². The van der Waals surface area contributed by atoms with Gasteiger partial charge in [-0.25, -0.2) is 4.98 Å². The van der Waals surface area contributed by atoms with Gasteiger partial charge >= 0.3 is 0 Å². The third-order valence-electron chi connectivity index (χ3n) is 4.37. The van der Waals surface area contributed by atoms with Crippen LogP contribution in [0, 0.1) is 0 Å². The highest BCUT2D eigenvalue weighted by Crippen LogP contribution is 2.35. The van der Waals surface area contributed by atoms with Crippen molar-refractivity contribution in [3.05, 3.63) is 65.5 Å². The van der Waals surface area contributed by atoms with E-state index in [1.54, 1.807) is 0 Å². The van der Waals surface area contributed by atoms with Crippen LogP contribution in [0.25, 0.3) is 11.0 Å². The molecule has 21 heavy (non-hydrogen) atoms. The molecule has 0 fully saturated rings. The predicted molar refractivity (Wildman–Crippen MR) is 86.9 cm³/mol. The Morgan fingerprint density at radius 3 is 2.33 bits per heavy atom. The smallest absolute Gasteiger partial charge is 0.127 e. The normalized spacial score (nSPS) is 16.3. The van der Waals surface area contributed by atoms with Crippen LogP contribution in [0.3, 0.4) is 0 Å². The molecule has 0 aliphatic heterocycles. The SMILES string of the molecule is CC(Cl)c1nc2ccccc2n1C1Cc2ccccc2C1. The number of para-hydroxylation sites is 2. The minimum Gasteiger partial charge on any atom is -0.323 e. The van der Waals surface area contributed by atoms with Crippen molar-refractivity contribution in [2.75, 3.05) is 0 Å². The average molecular weight is 297 g/mol.